The molecule has 48 heavy (non-hydrogen) atoms. The third-order valence-electron chi connectivity index (χ3n) is 12.3. The molecule has 0 amide bonds. The zero-order chi connectivity index (χ0) is 34.4. The van der Waals surface area contributed by atoms with E-state index in [1.165, 1.54) is 12.2 Å². The number of carbonyl (C=O) groups is 2. The van der Waals surface area contributed by atoms with Gasteiger partial charge in [-0.25, -0.2) is 4.39 Å². The maximum absolute atomic E-state index is 17.7. The number of benzene rings is 1. The summed E-state index contributed by atoms with van der Waals surface area (Å²) in [5.41, 5.74) is 4.24. The van der Waals surface area contributed by atoms with E-state index in [0.717, 1.165) is 11.3 Å². The molecule has 7 rings (SSSR count). The third kappa shape index (κ3) is 4.61. The Balaban J connectivity index is 1.23. The lowest BCUT2D eigenvalue weighted by molar-refractivity contribution is -0.231. The molecular weight excluding hydrogens is 642 g/mol. The van der Waals surface area contributed by atoms with E-state index in [-0.39, 0.29) is 25.2 Å². The minimum absolute atomic E-state index is 0.135. The molecule has 0 bridgehead atoms. The van der Waals surface area contributed by atoms with Crippen molar-refractivity contribution in [2.75, 3.05) is 12.3 Å². The smallest absolute Gasteiger partial charge is 0.398 e. The molecule has 2 aromatic rings. The number of halogens is 1. The van der Waals surface area contributed by atoms with Crippen LogP contribution in [0.4, 0.5) is 10.1 Å². The van der Waals surface area contributed by atoms with Crippen molar-refractivity contribution < 1.29 is 47.6 Å². The van der Waals surface area contributed by atoms with Crippen LogP contribution in [-0.2, 0) is 48.2 Å². The number of fused-ring (bicyclic) bond motifs is 7. The van der Waals surface area contributed by atoms with E-state index in [0.29, 0.717) is 41.6 Å². The monoisotopic (exact) mass is 683 g/mol. The van der Waals surface area contributed by atoms with Gasteiger partial charge < -0.3 is 30.0 Å². The van der Waals surface area contributed by atoms with Crippen molar-refractivity contribution >= 4 is 25.5 Å². The number of ether oxygens (including phenoxy) is 2. The van der Waals surface area contributed by atoms with Gasteiger partial charge in [0.2, 0.25) is 0 Å². The number of aryl methyl sites for hydroxylation is 1. The molecule has 3 saturated carbocycles. The number of rotatable bonds is 8. The lowest BCUT2D eigenvalue weighted by Gasteiger charge is -2.62. The lowest BCUT2D eigenvalue weighted by Crippen LogP contribution is -2.69. The van der Waals surface area contributed by atoms with Gasteiger partial charge in [-0.2, -0.15) is 0 Å². The number of alkyl halides is 1. The first kappa shape index (κ1) is 33.4. The summed E-state index contributed by atoms with van der Waals surface area (Å²) in [5, 5.41) is 21.3. The van der Waals surface area contributed by atoms with E-state index < -0.39 is 73.1 Å². The number of anilines is 1. The van der Waals surface area contributed by atoms with Crippen LogP contribution in [0.1, 0.15) is 68.2 Å². The van der Waals surface area contributed by atoms with Crippen LogP contribution >= 0.6 is 8.25 Å². The van der Waals surface area contributed by atoms with Crippen LogP contribution in [0.5, 0.6) is 0 Å². The summed E-state index contributed by atoms with van der Waals surface area (Å²) in [6.45, 7) is 2.68. The minimum Gasteiger partial charge on any atom is -0.398 e. The molecule has 10 atom stereocenters. The summed E-state index contributed by atoms with van der Waals surface area (Å²) in [5.74, 6) is -1.94. The summed E-state index contributed by atoms with van der Waals surface area (Å²) < 4.78 is 49.3. The van der Waals surface area contributed by atoms with Gasteiger partial charge in [0.25, 0.3) is 0 Å². The molecule has 5 N–H and O–H groups in total. The first-order chi connectivity index (χ1) is 22.7. The number of nitrogen functional groups attached to an aromatic ring is 1. The van der Waals surface area contributed by atoms with Crippen LogP contribution in [0.3, 0.4) is 0 Å². The van der Waals surface area contributed by atoms with E-state index in [1.54, 1.807) is 19.1 Å². The quantitative estimate of drug-likeness (QED) is 0.235. The second-order valence-electron chi connectivity index (χ2n) is 14.5. The number of allylic oxidation sites excluding steroid dienone is 4. The highest BCUT2D eigenvalue weighted by atomic mass is 31.1. The van der Waals surface area contributed by atoms with Crippen molar-refractivity contribution in [3.63, 3.8) is 0 Å². The molecule has 13 heteroatoms. The van der Waals surface area contributed by atoms with Gasteiger partial charge in [0.05, 0.1) is 18.8 Å². The third-order valence-corrected chi connectivity index (χ3v) is 12.6. The zero-order valence-electron chi connectivity index (χ0n) is 27.1. The van der Waals surface area contributed by atoms with E-state index in [9.17, 15) is 29.3 Å². The normalized spacial score (nSPS) is 38.6. The molecule has 4 aliphatic carbocycles. The number of aliphatic hydroxyl groups excluding tert-OH is 2. The molecule has 11 nitrogen and oxygen atoms in total. The number of ketones is 2. The van der Waals surface area contributed by atoms with Crippen LogP contribution in [0.2, 0.25) is 0 Å². The van der Waals surface area contributed by atoms with Gasteiger partial charge >= 0.3 is 8.25 Å². The first-order valence-corrected chi connectivity index (χ1v) is 17.4. The average Bonchev–Trinajstić information content (AvgIpc) is 3.67. The van der Waals surface area contributed by atoms with Gasteiger partial charge in [-0.3, -0.25) is 9.59 Å². The first-order valence-electron chi connectivity index (χ1n) is 16.3. The zero-order valence-corrected chi connectivity index (χ0v) is 28.0. The average molecular weight is 684 g/mol. The second-order valence-corrected chi connectivity index (χ2v) is 15.2. The molecule has 4 fully saturated rings. The van der Waals surface area contributed by atoms with Gasteiger partial charge in [0.15, 0.2) is 35.7 Å². The molecule has 0 radical (unpaired) electrons. The number of hydrogen-bond acceptors (Lipinski definition) is 9. The number of aliphatic hydroxyl groups is 2. The van der Waals surface area contributed by atoms with Crippen LogP contribution in [-0.4, -0.2) is 61.3 Å². The van der Waals surface area contributed by atoms with Gasteiger partial charge in [0, 0.05) is 63.5 Å². The number of nitrogens with zero attached hydrogens (tertiary/aromatic N) is 1. The number of carbonyl (C=O) groups excluding carboxylic acids is 2. The van der Waals surface area contributed by atoms with Crippen molar-refractivity contribution in [3.05, 3.63) is 76.6 Å². The summed E-state index contributed by atoms with van der Waals surface area (Å²) >= 11 is 0. The van der Waals surface area contributed by atoms with E-state index in [1.807, 2.05) is 42.9 Å². The van der Waals surface area contributed by atoms with Crippen molar-refractivity contribution in [1.29, 1.82) is 0 Å². The Kier molecular flexibility index (Phi) is 7.99. The predicted octanol–water partition coefficient (Wildman–Crippen LogP) is 4.06. The summed E-state index contributed by atoms with van der Waals surface area (Å²) in [6, 6.07) is 7.41. The predicted molar refractivity (Wildman–Crippen MR) is 171 cm³/mol. The van der Waals surface area contributed by atoms with E-state index >= 15 is 4.39 Å². The van der Waals surface area contributed by atoms with Gasteiger partial charge in [-0.1, -0.05) is 30.7 Å². The van der Waals surface area contributed by atoms with E-state index in [2.05, 4.69) is 0 Å². The number of nitrogens with two attached hydrogens (primary N) is 1. The fraction of sp³-hybridized carbons (Fsp3) is 0.543. The van der Waals surface area contributed by atoms with Crippen molar-refractivity contribution in [1.82, 2.24) is 4.57 Å². The summed E-state index contributed by atoms with van der Waals surface area (Å²) in [6.07, 6.45) is 4.40. The molecule has 5 aliphatic rings. The highest BCUT2D eigenvalue weighted by Gasteiger charge is 2.79. The minimum atomic E-state index is -3.08. The van der Waals surface area contributed by atoms with Crippen molar-refractivity contribution in [2.24, 2.45) is 29.7 Å². The Bertz CT molecular complexity index is 1780. The maximum Gasteiger partial charge on any atom is 0.695 e. The number of hydrogen-bond donors (Lipinski definition) is 4. The summed E-state index contributed by atoms with van der Waals surface area (Å²) in [4.78, 5) is 35.8. The van der Waals surface area contributed by atoms with Gasteiger partial charge in [-0.05, 0) is 68.4 Å². The molecule has 1 aromatic carbocycles. The van der Waals surface area contributed by atoms with Gasteiger partial charge in [0.1, 0.15) is 0 Å². The van der Waals surface area contributed by atoms with E-state index in [4.69, 9.17) is 19.7 Å². The molecule has 0 spiro atoms. The topological polar surface area (TPSA) is 171 Å². The largest absolute Gasteiger partial charge is 0.695 e. The maximum atomic E-state index is 17.7. The van der Waals surface area contributed by atoms with Crippen molar-refractivity contribution in [2.45, 2.75) is 82.3 Å². The molecule has 1 unspecified atom stereocenters. The Morgan fingerprint density at radius 3 is 2.73 bits per heavy atom. The fourth-order valence-electron chi connectivity index (χ4n) is 9.88. The Morgan fingerprint density at radius 1 is 1.25 bits per heavy atom. The van der Waals surface area contributed by atoms with Crippen LogP contribution in [0.25, 0.3) is 0 Å². The van der Waals surface area contributed by atoms with Crippen LogP contribution in [0, 0.1) is 22.7 Å². The molecular formula is C35H41FN2O9P+. The molecule has 2 heterocycles. The lowest BCUT2D eigenvalue weighted by atomic mass is 9.44. The fourth-order valence-corrected chi connectivity index (χ4v) is 10.1. The second kappa shape index (κ2) is 11.5. The molecule has 1 aliphatic heterocycles. The molecule has 1 aromatic heterocycles. The number of Topliss-reactive ketones (excluding diaryl/α,β-unsaturated/α-hetero) is 1. The van der Waals surface area contributed by atoms with Gasteiger partial charge in [-0.15, -0.1) is 9.42 Å². The SMILES string of the molecule is Cn1cc([C@@H]2O[C@@H]3C[C@H]4[C@@H]5CCC6=CC(=O)C=C[C@]6(C)[C@@]5(F)[C@@H](O)C[C@]4(C)[C@]3(C(=O)CO[P+](=O)O)O2)cc1Cc1ccc(CO)c(N)c1. The highest BCUT2D eigenvalue weighted by Crippen LogP contribution is 2.72. The Morgan fingerprint density at radius 2 is 2.02 bits per heavy atom. The Hall–Kier alpha value is -3.09. The van der Waals surface area contributed by atoms with Crippen LogP contribution in [0.15, 0.2) is 54.3 Å². The molecule has 256 valence electrons. The highest BCUT2D eigenvalue weighted by molar-refractivity contribution is 7.32. The standard InChI is InChI=1S/C35H40FN2O9P/c1-32-9-8-24(40)13-22(32)6-7-25-26-14-30-35(29(42)18-45-48(43)44,33(26,2)15-28(41)34(25,32)36)47-31(46-30)21-12-23(38(3)16-21)10-19-4-5-20(17-39)27(37)11-19/h4-5,8-9,11-13,16,25-26,28,30-31,39,41H,6-7,10,14-15,17-18,37H2,1-3H3/p+1/t25-,26-,28-,30+,31+,32-,33-,34-,35+/m0/s1. The molecule has 1 saturated heterocycles. The Labute approximate surface area is 278 Å². The number of aromatic nitrogens is 1. The summed E-state index contributed by atoms with van der Waals surface area (Å²) in [7, 11) is -1.21. The van der Waals surface area contributed by atoms with Crippen molar-refractivity contribution in [3.8, 4) is 0 Å². The van der Waals surface area contributed by atoms with Crippen LogP contribution < -0.4 is 5.73 Å².